The molecule has 94 valence electrons. The van der Waals surface area contributed by atoms with E-state index in [1.807, 2.05) is 0 Å². The second-order valence-corrected chi connectivity index (χ2v) is 5.03. The predicted octanol–water partition coefficient (Wildman–Crippen LogP) is 4.86. The van der Waals surface area contributed by atoms with E-state index in [4.69, 9.17) is 4.74 Å². The highest BCUT2D eigenvalue weighted by atomic mass is 16.5. The molecule has 1 nitrogen and oxygen atoms in total. The molecule has 0 bridgehead atoms. The van der Waals surface area contributed by atoms with E-state index in [9.17, 15) is 0 Å². The lowest BCUT2D eigenvalue weighted by molar-refractivity contribution is 0.126. The minimum atomic E-state index is 0.965. The number of hydrogen-bond acceptors (Lipinski definition) is 1. The van der Waals surface area contributed by atoms with Gasteiger partial charge in [0.1, 0.15) is 0 Å². The molecule has 16 heavy (non-hydrogen) atoms. The SMILES string of the molecule is C/C1=C\CCCCOCCCCCCCC1. The lowest BCUT2D eigenvalue weighted by Crippen LogP contribution is -1.96. The van der Waals surface area contributed by atoms with Crippen LogP contribution in [0, 0.1) is 0 Å². The average Bonchev–Trinajstić information content (AvgIpc) is 2.29. The summed E-state index contributed by atoms with van der Waals surface area (Å²) in [5.74, 6) is 0. The molecule has 0 aromatic heterocycles. The van der Waals surface area contributed by atoms with Crippen LogP contribution in [0.25, 0.3) is 0 Å². The van der Waals surface area contributed by atoms with Crippen molar-refractivity contribution < 1.29 is 4.74 Å². The Labute approximate surface area is 101 Å². The van der Waals surface area contributed by atoms with Gasteiger partial charge in [-0.3, -0.25) is 0 Å². The Morgan fingerprint density at radius 3 is 2.25 bits per heavy atom. The van der Waals surface area contributed by atoms with Gasteiger partial charge in [-0.15, -0.1) is 0 Å². The Morgan fingerprint density at radius 1 is 0.812 bits per heavy atom. The summed E-state index contributed by atoms with van der Waals surface area (Å²) in [6.45, 7) is 4.23. The minimum absolute atomic E-state index is 0.965. The normalized spacial score (nSPS) is 26.2. The van der Waals surface area contributed by atoms with Crippen molar-refractivity contribution in [3.05, 3.63) is 11.6 Å². The van der Waals surface area contributed by atoms with Crippen LogP contribution >= 0.6 is 0 Å². The van der Waals surface area contributed by atoms with E-state index in [-0.39, 0.29) is 0 Å². The van der Waals surface area contributed by atoms with Crippen molar-refractivity contribution >= 4 is 0 Å². The molecule has 0 N–H and O–H groups in total. The van der Waals surface area contributed by atoms with Crippen molar-refractivity contribution in [2.45, 2.75) is 71.1 Å². The van der Waals surface area contributed by atoms with Gasteiger partial charge < -0.3 is 4.74 Å². The van der Waals surface area contributed by atoms with Gasteiger partial charge in [0, 0.05) is 13.2 Å². The number of hydrogen-bond donors (Lipinski definition) is 0. The van der Waals surface area contributed by atoms with Crippen molar-refractivity contribution in [1.82, 2.24) is 0 Å². The van der Waals surface area contributed by atoms with E-state index in [0.29, 0.717) is 0 Å². The lowest BCUT2D eigenvalue weighted by atomic mass is 10.0. The number of ether oxygens (including phenoxy) is 1. The maximum Gasteiger partial charge on any atom is 0.0466 e. The molecule has 0 atom stereocenters. The first kappa shape index (κ1) is 13.8. The van der Waals surface area contributed by atoms with Crippen molar-refractivity contribution in [3.8, 4) is 0 Å². The molecule has 1 aliphatic rings. The van der Waals surface area contributed by atoms with Crippen LogP contribution in [0.2, 0.25) is 0 Å². The van der Waals surface area contributed by atoms with Crippen molar-refractivity contribution in [2.75, 3.05) is 13.2 Å². The molecule has 1 heteroatoms. The summed E-state index contributed by atoms with van der Waals surface area (Å²) in [5, 5.41) is 0. The highest BCUT2D eigenvalue weighted by Crippen LogP contribution is 2.13. The van der Waals surface area contributed by atoms with Gasteiger partial charge in [0.2, 0.25) is 0 Å². The van der Waals surface area contributed by atoms with Crippen LogP contribution in [-0.4, -0.2) is 13.2 Å². The molecule has 0 aromatic rings. The topological polar surface area (TPSA) is 9.23 Å². The Bertz CT molecular complexity index is 184. The molecule has 0 aromatic carbocycles. The molecule has 0 aliphatic carbocycles. The summed E-state index contributed by atoms with van der Waals surface area (Å²) < 4.78 is 5.62. The van der Waals surface area contributed by atoms with Crippen LogP contribution < -0.4 is 0 Å². The third-order valence-corrected chi connectivity index (χ3v) is 3.35. The van der Waals surface area contributed by atoms with E-state index in [2.05, 4.69) is 13.0 Å². The van der Waals surface area contributed by atoms with Crippen LogP contribution in [0.3, 0.4) is 0 Å². The lowest BCUT2D eigenvalue weighted by Gasteiger charge is -2.03. The highest BCUT2D eigenvalue weighted by molar-refractivity contribution is 4.97. The average molecular weight is 224 g/mol. The van der Waals surface area contributed by atoms with E-state index in [1.54, 1.807) is 5.57 Å². The molecule has 0 amide bonds. The van der Waals surface area contributed by atoms with Crippen LogP contribution in [0.5, 0.6) is 0 Å². The van der Waals surface area contributed by atoms with E-state index in [1.165, 1.54) is 64.2 Å². The fourth-order valence-electron chi connectivity index (χ4n) is 2.22. The molecule has 1 aliphatic heterocycles. The summed E-state index contributed by atoms with van der Waals surface area (Å²) in [5.41, 5.74) is 1.59. The summed E-state index contributed by atoms with van der Waals surface area (Å²) in [4.78, 5) is 0. The highest BCUT2D eigenvalue weighted by Gasteiger charge is 1.96. The minimum Gasteiger partial charge on any atom is -0.381 e. The molecule has 0 radical (unpaired) electrons. The van der Waals surface area contributed by atoms with E-state index >= 15 is 0 Å². The van der Waals surface area contributed by atoms with Gasteiger partial charge >= 0.3 is 0 Å². The Hall–Kier alpha value is -0.300. The van der Waals surface area contributed by atoms with Crippen molar-refractivity contribution in [2.24, 2.45) is 0 Å². The van der Waals surface area contributed by atoms with Gasteiger partial charge in [0.25, 0.3) is 0 Å². The maximum atomic E-state index is 5.62. The molecular weight excluding hydrogens is 196 g/mol. The molecule has 1 heterocycles. The summed E-state index contributed by atoms with van der Waals surface area (Å²) in [7, 11) is 0. The smallest absolute Gasteiger partial charge is 0.0466 e. The largest absolute Gasteiger partial charge is 0.381 e. The Kier molecular flexibility index (Phi) is 8.51. The third kappa shape index (κ3) is 7.92. The van der Waals surface area contributed by atoms with Gasteiger partial charge in [-0.2, -0.15) is 0 Å². The zero-order valence-electron chi connectivity index (χ0n) is 11.0. The molecule has 0 saturated carbocycles. The van der Waals surface area contributed by atoms with E-state index < -0.39 is 0 Å². The van der Waals surface area contributed by atoms with Crippen LogP contribution in [0.1, 0.15) is 71.1 Å². The monoisotopic (exact) mass is 224 g/mol. The number of allylic oxidation sites excluding steroid dienone is 2. The van der Waals surface area contributed by atoms with Crippen LogP contribution in [0.4, 0.5) is 0 Å². The summed E-state index contributed by atoms with van der Waals surface area (Å²) in [6, 6.07) is 0. The van der Waals surface area contributed by atoms with Gasteiger partial charge in [0.05, 0.1) is 0 Å². The third-order valence-electron chi connectivity index (χ3n) is 3.35. The number of rotatable bonds is 0. The van der Waals surface area contributed by atoms with Gasteiger partial charge in [-0.1, -0.05) is 37.3 Å². The maximum absolute atomic E-state index is 5.62. The van der Waals surface area contributed by atoms with Gasteiger partial charge in [-0.25, -0.2) is 0 Å². The Morgan fingerprint density at radius 2 is 1.44 bits per heavy atom. The summed E-state index contributed by atoms with van der Waals surface area (Å²) >= 11 is 0. The molecule has 0 fully saturated rings. The van der Waals surface area contributed by atoms with Crippen molar-refractivity contribution in [1.29, 1.82) is 0 Å². The first-order chi connectivity index (χ1) is 7.89. The van der Waals surface area contributed by atoms with Crippen molar-refractivity contribution in [3.63, 3.8) is 0 Å². The van der Waals surface area contributed by atoms with Gasteiger partial charge in [-0.05, 0) is 45.4 Å². The fraction of sp³-hybridized carbons (Fsp3) is 0.867. The fourth-order valence-corrected chi connectivity index (χ4v) is 2.22. The quantitative estimate of drug-likeness (QED) is 0.534. The second-order valence-electron chi connectivity index (χ2n) is 5.03. The van der Waals surface area contributed by atoms with E-state index in [0.717, 1.165) is 13.2 Å². The predicted molar refractivity (Wildman–Crippen MR) is 70.7 cm³/mol. The Balaban J connectivity index is 2.19. The zero-order chi connectivity index (χ0) is 11.5. The van der Waals surface area contributed by atoms with Crippen LogP contribution in [-0.2, 0) is 4.74 Å². The molecular formula is C15H28O. The molecule has 0 unspecified atom stereocenters. The van der Waals surface area contributed by atoms with Gasteiger partial charge in [0.15, 0.2) is 0 Å². The first-order valence-corrected chi connectivity index (χ1v) is 7.13. The summed E-state index contributed by atoms with van der Waals surface area (Å²) in [6.07, 6.45) is 15.7. The zero-order valence-corrected chi connectivity index (χ0v) is 11.0. The first-order valence-electron chi connectivity index (χ1n) is 7.13. The second kappa shape index (κ2) is 9.89. The standard InChI is InChI=1S/C15H28O/c1-15-11-7-4-2-3-5-9-13-16-14-10-6-8-12-15/h12H,2-11,13-14H2,1H3/b15-12+. The van der Waals surface area contributed by atoms with Crippen LogP contribution in [0.15, 0.2) is 11.6 Å². The molecule has 0 saturated heterocycles. The molecule has 1 rings (SSSR count). The molecule has 0 spiro atoms.